The lowest BCUT2D eigenvalue weighted by atomic mass is 9.96. The SMILES string of the molecule is C[Si](C)(CCl)OC(C#N)(C(=O)OCc1ccccc1)c1ccccc1. The van der Waals surface area contributed by atoms with Gasteiger partial charge in [-0.2, -0.15) is 5.26 Å². The fourth-order valence-electron chi connectivity index (χ4n) is 2.29. The molecule has 130 valence electrons. The molecule has 2 aromatic carbocycles. The van der Waals surface area contributed by atoms with Crippen molar-refractivity contribution in [3.63, 3.8) is 0 Å². The quantitative estimate of drug-likeness (QED) is 0.415. The number of alkyl halides is 1. The highest BCUT2D eigenvalue weighted by Gasteiger charge is 2.48. The molecule has 4 nitrogen and oxygen atoms in total. The summed E-state index contributed by atoms with van der Waals surface area (Å²) in [6.07, 6.45) is 0. The van der Waals surface area contributed by atoms with Gasteiger partial charge in [0.25, 0.3) is 5.60 Å². The van der Waals surface area contributed by atoms with Crippen LogP contribution in [0.2, 0.25) is 13.1 Å². The molecule has 0 N–H and O–H groups in total. The van der Waals surface area contributed by atoms with Crippen molar-refractivity contribution in [2.45, 2.75) is 25.3 Å². The Labute approximate surface area is 154 Å². The Bertz CT molecular complexity index is 746. The molecule has 0 fully saturated rings. The van der Waals surface area contributed by atoms with Crippen molar-refractivity contribution in [2.75, 3.05) is 5.50 Å². The third-order valence-electron chi connectivity index (χ3n) is 3.59. The molecule has 0 saturated carbocycles. The second-order valence-corrected chi connectivity index (χ2v) is 11.0. The molecule has 0 aliphatic rings. The highest BCUT2D eigenvalue weighted by molar-refractivity contribution is 6.77. The second-order valence-electron chi connectivity index (χ2n) is 6.22. The Balaban J connectivity index is 2.33. The Morgan fingerprint density at radius 2 is 1.68 bits per heavy atom. The molecule has 0 aliphatic heterocycles. The first-order valence-corrected chi connectivity index (χ1v) is 11.5. The van der Waals surface area contributed by atoms with Crippen LogP contribution in [0.25, 0.3) is 0 Å². The van der Waals surface area contributed by atoms with E-state index in [9.17, 15) is 10.1 Å². The average Bonchev–Trinajstić information content (AvgIpc) is 2.65. The largest absolute Gasteiger partial charge is 0.458 e. The lowest BCUT2D eigenvalue weighted by Gasteiger charge is -2.32. The smallest absolute Gasteiger partial charge is 0.357 e. The van der Waals surface area contributed by atoms with Gasteiger partial charge in [0.1, 0.15) is 12.7 Å². The van der Waals surface area contributed by atoms with Gasteiger partial charge >= 0.3 is 5.97 Å². The van der Waals surface area contributed by atoms with E-state index in [2.05, 4.69) is 0 Å². The summed E-state index contributed by atoms with van der Waals surface area (Å²) in [5.74, 6) is -0.726. The molecule has 0 spiro atoms. The molecule has 0 aromatic heterocycles. The summed E-state index contributed by atoms with van der Waals surface area (Å²) < 4.78 is 11.5. The van der Waals surface area contributed by atoms with Crippen LogP contribution in [0.5, 0.6) is 0 Å². The monoisotopic (exact) mass is 373 g/mol. The summed E-state index contributed by atoms with van der Waals surface area (Å²) in [5, 5.41) is 9.86. The minimum Gasteiger partial charge on any atom is -0.458 e. The molecule has 6 heteroatoms. The van der Waals surface area contributed by atoms with Crippen LogP contribution in [0.4, 0.5) is 0 Å². The summed E-state index contributed by atoms with van der Waals surface area (Å²) in [6.45, 7) is 3.79. The lowest BCUT2D eigenvalue weighted by Crippen LogP contribution is -2.49. The number of carbonyl (C=O) groups excluding carboxylic acids is 1. The predicted octanol–water partition coefficient (Wildman–Crippen LogP) is 4.15. The molecule has 1 unspecified atom stereocenters. The zero-order chi connectivity index (χ0) is 18.3. The predicted molar refractivity (Wildman–Crippen MR) is 99.3 cm³/mol. The maximum Gasteiger partial charge on any atom is 0.357 e. The van der Waals surface area contributed by atoms with Crippen LogP contribution < -0.4 is 0 Å². The van der Waals surface area contributed by atoms with Gasteiger partial charge in [0.15, 0.2) is 0 Å². The molecule has 0 saturated heterocycles. The number of rotatable bonds is 7. The first-order chi connectivity index (χ1) is 11.9. The topological polar surface area (TPSA) is 59.3 Å². The number of carbonyl (C=O) groups is 1. The second kappa shape index (κ2) is 8.30. The van der Waals surface area contributed by atoms with E-state index in [1.165, 1.54) is 0 Å². The minimum atomic E-state index is -2.45. The number of benzene rings is 2. The number of hydrogen-bond acceptors (Lipinski definition) is 4. The highest BCUT2D eigenvalue weighted by Crippen LogP contribution is 2.31. The van der Waals surface area contributed by atoms with E-state index >= 15 is 0 Å². The number of esters is 1. The Morgan fingerprint density at radius 3 is 2.20 bits per heavy atom. The van der Waals surface area contributed by atoms with Gasteiger partial charge in [-0.25, -0.2) is 4.79 Å². The number of nitrogens with zero attached hydrogens (tertiary/aromatic N) is 1. The summed E-state index contributed by atoms with van der Waals surface area (Å²) in [4.78, 5) is 12.9. The summed E-state index contributed by atoms with van der Waals surface area (Å²) >= 11 is 6.00. The van der Waals surface area contributed by atoms with Crippen molar-refractivity contribution in [1.29, 1.82) is 5.26 Å². The third-order valence-corrected chi connectivity index (χ3v) is 7.02. The van der Waals surface area contributed by atoms with Crippen LogP contribution in [0.15, 0.2) is 60.7 Å². The highest BCUT2D eigenvalue weighted by atomic mass is 35.5. The third kappa shape index (κ3) is 4.70. The fraction of sp³-hybridized carbons (Fsp3) is 0.263. The van der Waals surface area contributed by atoms with E-state index in [0.717, 1.165) is 5.56 Å². The van der Waals surface area contributed by atoms with Crippen LogP contribution in [0.1, 0.15) is 11.1 Å². The van der Waals surface area contributed by atoms with E-state index in [0.29, 0.717) is 5.56 Å². The zero-order valence-corrected chi connectivity index (χ0v) is 16.0. The maximum absolute atomic E-state index is 12.9. The Kier molecular flexibility index (Phi) is 6.37. The van der Waals surface area contributed by atoms with Crippen LogP contribution in [-0.4, -0.2) is 19.8 Å². The van der Waals surface area contributed by atoms with Gasteiger partial charge in [0.2, 0.25) is 8.32 Å². The lowest BCUT2D eigenvalue weighted by molar-refractivity contribution is -0.160. The Hall–Kier alpha value is -2.13. The van der Waals surface area contributed by atoms with Crippen molar-refractivity contribution in [1.82, 2.24) is 0 Å². The molecule has 0 amide bonds. The molecule has 0 radical (unpaired) electrons. The van der Waals surface area contributed by atoms with Crippen molar-refractivity contribution < 1.29 is 14.0 Å². The van der Waals surface area contributed by atoms with Gasteiger partial charge in [-0.15, -0.1) is 11.6 Å². The number of hydrogen-bond donors (Lipinski definition) is 0. The van der Waals surface area contributed by atoms with Crippen molar-refractivity contribution in [3.05, 3.63) is 71.8 Å². The van der Waals surface area contributed by atoms with Crippen LogP contribution in [0.3, 0.4) is 0 Å². The van der Waals surface area contributed by atoms with Crippen LogP contribution in [-0.2, 0) is 26.2 Å². The molecular formula is C19H20ClNO3Si. The van der Waals surface area contributed by atoms with Crippen LogP contribution >= 0.6 is 11.6 Å². The number of halogens is 1. The van der Waals surface area contributed by atoms with Crippen molar-refractivity contribution >= 4 is 25.9 Å². The normalized spacial score (nSPS) is 13.5. The molecule has 2 aromatic rings. The number of nitriles is 1. The van der Waals surface area contributed by atoms with Crippen LogP contribution in [0, 0.1) is 11.3 Å². The van der Waals surface area contributed by atoms with Gasteiger partial charge in [-0.3, -0.25) is 0 Å². The maximum atomic E-state index is 12.9. The van der Waals surface area contributed by atoms with Gasteiger partial charge in [-0.05, 0) is 18.7 Å². The van der Waals surface area contributed by atoms with E-state index < -0.39 is 19.9 Å². The zero-order valence-electron chi connectivity index (χ0n) is 14.2. The number of ether oxygens (including phenoxy) is 1. The molecule has 0 bridgehead atoms. The summed E-state index contributed by atoms with van der Waals surface area (Å²) in [6, 6.07) is 20.0. The van der Waals surface area contributed by atoms with Gasteiger partial charge in [-0.1, -0.05) is 60.7 Å². The summed E-state index contributed by atoms with van der Waals surface area (Å²) in [5.41, 5.74) is -0.276. The molecule has 1 atom stereocenters. The van der Waals surface area contributed by atoms with Crippen molar-refractivity contribution in [2.24, 2.45) is 0 Å². The van der Waals surface area contributed by atoms with E-state index in [1.54, 1.807) is 24.3 Å². The van der Waals surface area contributed by atoms with Gasteiger partial charge in [0, 0.05) is 11.1 Å². The van der Waals surface area contributed by atoms with E-state index in [1.807, 2.05) is 55.6 Å². The fourth-order valence-corrected chi connectivity index (χ4v) is 3.58. The van der Waals surface area contributed by atoms with Gasteiger partial charge in [0.05, 0.1) is 0 Å². The average molecular weight is 374 g/mol. The molecular weight excluding hydrogens is 354 g/mol. The molecule has 0 heterocycles. The minimum absolute atomic E-state index is 0.0716. The molecule has 2 rings (SSSR count). The van der Waals surface area contributed by atoms with E-state index in [4.69, 9.17) is 20.8 Å². The Morgan fingerprint density at radius 1 is 1.12 bits per heavy atom. The van der Waals surface area contributed by atoms with Gasteiger partial charge < -0.3 is 9.16 Å². The molecule has 0 aliphatic carbocycles. The van der Waals surface area contributed by atoms with E-state index in [-0.39, 0.29) is 12.1 Å². The standard InChI is InChI=1S/C19H20ClNO3Si/c1-25(2,15-20)24-19(14-21,17-11-7-4-8-12-17)18(22)23-13-16-9-5-3-6-10-16/h3-12H,13,15H2,1-2H3. The first kappa shape index (κ1) is 19.2. The molecule has 25 heavy (non-hydrogen) atoms. The van der Waals surface area contributed by atoms with Crippen molar-refractivity contribution in [3.8, 4) is 6.07 Å². The first-order valence-electron chi connectivity index (χ1n) is 7.87. The summed E-state index contributed by atoms with van der Waals surface area (Å²) in [7, 11) is -2.45.